The lowest BCUT2D eigenvalue weighted by Crippen LogP contribution is -2.63. The Morgan fingerprint density at radius 1 is 1.28 bits per heavy atom. The summed E-state index contributed by atoms with van der Waals surface area (Å²) in [6.07, 6.45) is 5.07. The summed E-state index contributed by atoms with van der Waals surface area (Å²) >= 11 is 0. The van der Waals surface area contributed by atoms with Gasteiger partial charge in [-0.1, -0.05) is 20.8 Å². The van der Waals surface area contributed by atoms with Gasteiger partial charge in [0.25, 0.3) is 0 Å². The van der Waals surface area contributed by atoms with Gasteiger partial charge in [-0.3, -0.25) is 4.90 Å². The third-order valence-corrected chi connectivity index (χ3v) is 4.95. The van der Waals surface area contributed by atoms with Crippen LogP contribution in [0, 0.1) is 11.8 Å². The molecule has 0 aromatic heterocycles. The van der Waals surface area contributed by atoms with E-state index in [0.717, 1.165) is 38.1 Å². The second-order valence-electron chi connectivity index (χ2n) is 6.61. The molecule has 3 heteroatoms. The zero-order chi connectivity index (χ0) is 13.2. The van der Waals surface area contributed by atoms with Crippen molar-refractivity contribution >= 4 is 0 Å². The van der Waals surface area contributed by atoms with Gasteiger partial charge in [-0.15, -0.1) is 0 Å². The molecule has 0 radical (unpaired) electrons. The molecular formula is C15H30N2O. The maximum absolute atomic E-state index is 6.23. The fourth-order valence-corrected chi connectivity index (χ4v) is 4.37. The average molecular weight is 254 g/mol. The van der Waals surface area contributed by atoms with Gasteiger partial charge in [0, 0.05) is 24.7 Å². The fourth-order valence-electron chi connectivity index (χ4n) is 4.37. The van der Waals surface area contributed by atoms with Crippen molar-refractivity contribution in [1.29, 1.82) is 0 Å². The zero-order valence-electron chi connectivity index (χ0n) is 12.3. The fraction of sp³-hybridized carbons (Fsp3) is 1.00. The topological polar surface area (TPSA) is 38.5 Å². The van der Waals surface area contributed by atoms with E-state index >= 15 is 0 Å². The molecule has 0 bridgehead atoms. The molecule has 3 nitrogen and oxygen atoms in total. The maximum Gasteiger partial charge on any atom is 0.0622 e. The molecular weight excluding hydrogens is 224 g/mol. The highest BCUT2D eigenvalue weighted by Gasteiger charge is 2.44. The van der Waals surface area contributed by atoms with Crippen LogP contribution in [0.1, 0.15) is 46.5 Å². The highest BCUT2D eigenvalue weighted by atomic mass is 16.5. The summed E-state index contributed by atoms with van der Waals surface area (Å²) in [5, 5.41) is 0. The predicted octanol–water partition coefficient (Wildman–Crippen LogP) is 2.25. The van der Waals surface area contributed by atoms with Gasteiger partial charge in [0.15, 0.2) is 0 Å². The van der Waals surface area contributed by atoms with E-state index < -0.39 is 0 Å². The first-order valence-corrected chi connectivity index (χ1v) is 7.66. The summed E-state index contributed by atoms with van der Waals surface area (Å²) in [6.45, 7) is 10.7. The standard InChI is InChI=1S/C15H30N2O/c1-4-14-10-18-6-5-17(14)15(11-16)8-12(2)7-13(3)9-15/h12-14H,4-11,16H2,1-3H3. The van der Waals surface area contributed by atoms with Gasteiger partial charge in [0.2, 0.25) is 0 Å². The van der Waals surface area contributed by atoms with Crippen molar-refractivity contribution in [2.45, 2.75) is 58.0 Å². The molecule has 106 valence electrons. The van der Waals surface area contributed by atoms with Gasteiger partial charge in [-0.05, 0) is 37.5 Å². The van der Waals surface area contributed by atoms with Crippen molar-refractivity contribution in [3.63, 3.8) is 0 Å². The maximum atomic E-state index is 6.23. The molecule has 2 rings (SSSR count). The van der Waals surface area contributed by atoms with Crippen molar-refractivity contribution in [2.24, 2.45) is 17.6 Å². The Morgan fingerprint density at radius 2 is 1.94 bits per heavy atom. The highest BCUT2D eigenvalue weighted by molar-refractivity contribution is 5.00. The van der Waals surface area contributed by atoms with Gasteiger partial charge >= 0.3 is 0 Å². The molecule has 1 aliphatic heterocycles. The van der Waals surface area contributed by atoms with Gasteiger partial charge in [0.05, 0.1) is 13.2 Å². The van der Waals surface area contributed by atoms with Gasteiger partial charge in [-0.25, -0.2) is 0 Å². The quantitative estimate of drug-likeness (QED) is 0.839. The SMILES string of the molecule is CCC1COCCN1C1(CN)CC(C)CC(C)C1. The van der Waals surface area contributed by atoms with Crippen molar-refractivity contribution < 1.29 is 4.74 Å². The molecule has 1 saturated carbocycles. The second-order valence-corrected chi connectivity index (χ2v) is 6.61. The molecule has 3 atom stereocenters. The molecule has 1 heterocycles. The van der Waals surface area contributed by atoms with Gasteiger partial charge < -0.3 is 10.5 Å². The molecule has 0 aromatic rings. The Labute approximate surface area is 112 Å². The van der Waals surface area contributed by atoms with E-state index in [1.54, 1.807) is 0 Å². The summed E-state index contributed by atoms with van der Waals surface area (Å²) in [5.74, 6) is 1.61. The first kappa shape index (κ1) is 14.3. The molecule has 2 aliphatic rings. The van der Waals surface area contributed by atoms with Crippen LogP contribution >= 0.6 is 0 Å². The molecule has 0 spiro atoms. The van der Waals surface area contributed by atoms with Crippen LogP contribution in [0.4, 0.5) is 0 Å². The van der Waals surface area contributed by atoms with Crippen LogP contribution in [-0.4, -0.2) is 42.8 Å². The van der Waals surface area contributed by atoms with Crippen LogP contribution in [0.2, 0.25) is 0 Å². The van der Waals surface area contributed by atoms with Crippen LogP contribution in [-0.2, 0) is 4.74 Å². The number of rotatable bonds is 3. The number of morpholine rings is 1. The number of hydrogen-bond donors (Lipinski definition) is 1. The largest absolute Gasteiger partial charge is 0.378 e. The van der Waals surface area contributed by atoms with Crippen molar-refractivity contribution in [2.75, 3.05) is 26.3 Å². The van der Waals surface area contributed by atoms with Crippen LogP contribution in [0.25, 0.3) is 0 Å². The Hall–Kier alpha value is -0.120. The highest BCUT2D eigenvalue weighted by Crippen LogP contribution is 2.41. The van der Waals surface area contributed by atoms with E-state index in [9.17, 15) is 0 Å². The Kier molecular flexibility index (Phi) is 4.68. The van der Waals surface area contributed by atoms with E-state index in [1.165, 1.54) is 25.7 Å². The third kappa shape index (κ3) is 2.73. The predicted molar refractivity (Wildman–Crippen MR) is 75.6 cm³/mol. The number of hydrogen-bond acceptors (Lipinski definition) is 3. The smallest absolute Gasteiger partial charge is 0.0622 e. The minimum absolute atomic E-state index is 0.238. The van der Waals surface area contributed by atoms with E-state index in [4.69, 9.17) is 10.5 Å². The Morgan fingerprint density at radius 3 is 2.50 bits per heavy atom. The summed E-state index contributed by atoms with van der Waals surface area (Å²) in [5.41, 5.74) is 6.47. The van der Waals surface area contributed by atoms with Gasteiger partial charge in [0.1, 0.15) is 0 Å². The minimum Gasteiger partial charge on any atom is -0.378 e. The van der Waals surface area contributed by atoms with E-state index in [0.29, 0.717) is 6.04 Å². The molecule has 18 heavy (non-hydrogen) atoms. The summed E-state index contributed by atoms with van der Waals surface area (Å²) in [7, 11) is 0. The molecule has 1 saturated heterocycles. The number of nitrogens with zero attached hydrogens (tertiary/aromatic N) is 1. The summed E-state index contributed by atoms with van der Waals surface area (Å²) < 4.78 is 5.65. The molecule has 2 N–H and O–H groups in total. The molecule has 3 unspecified atom stereocenters. The average Bonchev–Trinajstić information content (AvgIpc) is 2.37. The number of nitrogens with two attached hydrogens (primary N) is 1. The lowest BCUT2D eigenvalue weighted by molar-refractivity contribution is -0.0876. The van der Waals surface area contributed by atoms with Gasteiger partial charge in [-0.2, -0.15) is 0 Å². The minimum atomic E-state index is 0.238. The van der Waals surface area contributed by atoms with Crippen LogP contribution in [0.5, 0.6) is 0 Å². The van der Waals surface area contributed by atoms with Crippen molar-refractivity contribution in [3.8, 4) is 0 Å². The Bertz CT molecular complexity index is 259. The van der Waals surface area contributed by atoms with Crippen molar-refractivity contribution in [1.82, 2.24) is 4.90 Å². The molecule has 2 fully saturated rings. The second kappa shape index (κ2) is 5.89. The van der Waals surface area contributed by atoms with Crippen LogP contribution < -0.4 is 5.73 Å². The van der Waals surface area contributed by atoms with Crippen LogP contribution in [0.15, 0.2) is 0 Å². The zero-order valence-corrected chi connectivity index (χ0v) is 12.3. The third-order valence-electron chi connectivity index (χ3n) is 4.95. The first-order chi connectivity index (χ1) is 8.61. The normalized spacial score (nSPS) is 43.0. The van der Waals surface area contributed by atoms with Crippen molar-refractivity contribution in [3.05, 3.63) is 0 Å². The Balaban J connectivity index is 2.18. The van der Waals surface area contributed by atoms with E-state index in [2.05, 4.69) is 25.7 Å². The lowest BCUT2D eigenvalue weighted by atomic mass is 9.70. The summed E-state index contributed by atoms with van der Waals surface area (Å²) in [6, 6.07) is 0.569. The molecule has 0 amide bonds. The monoisotopic (exact) mass is 254 g/mol. The van der Waals surface area contributed by atoms with E-state index in [1.807, 2.05) is 0 Å². The molecule has 0 aromatic carbocycles. The van der Waals surface area contributed by atoms with E-state index in [-0.39, 0.29) is 5.54 Å². The number of ether oxygens (including phenoxy) is 1. The first-order valence-electron chi connectivity index (χ1n) is 7.66. The molecule has 1 aliphatic carbocycles. The summed E-state index contributed by atoms with van der Waals surface area (Å²) in [4.78, 5) is 2.70. The lowest BCUT2D eigenvalue weighted by Gasteiger charge is -2.53. The van der Waals surface area contributed by atoms with Crippen LogP contribution in [0.3, 0.4) is 0 Å².